The van der Waals surface area contributed by atoms with Crippen LogP contribution in [0.5, 0.6) is 5.75 Å². The molecule has 0 bridgehead atoms. The topological polar surface area (TPSA) is 116 Å². The molecule has 5 rings (SSSR count). The first-order valence-corrected chi connectivity index (χ1v) is 13.4. The van der Waals surface area contributed by atoms with E-state index in [1.165, 1.54) is 0 Å². The zero-order valence-electron chi connectivity index (χ0n) is 22.4. The summed E-state index contributed by atoms with van der Waals surface area (Å²) in [6, 6.07) is 18.9. The summed E-state index contributed by atoms with van der Waals surface area (Å²) in [4.78, 5) is 12.6. The van der Waals surface area contributed by atoms with E-state index < -0.39 is 37.1 Å². The van der Waals surface area contributed by atoms with Gasteiger partial charge in [-0.3, -0.25) is 4.79 Å². The van der Waals surface area contributed by atoms with Gasteiger partial charge in [0, 0.05) is 10.9 Å². The lowest BCUT2D eigenvalue weighted by Gasteiger charge is -2.39. The number of carbonyl (C=O) groups excluding carboxylic acids is 1. The van der Waals surface area contributed by atoms with Gasteiger partial charge < -0.3 is 29.9 Å². The number of ether oxygens (including phenoxy) is 2. The van der Waals surface area contributed by atoms with Gasteiger partial charge in [-0.25, -0.2) is 0 Å². The zero-order chi connectivity index (χ0) is 29.1. The summed E-state index contributed by atoms with van der Waals surface area (Å²) in [5.41, 5.74) is 4.74. The first-order chi connectivity index (χ1) is 19.8. The van der Waals surface area contributed by atoms with Gasteiger partial charge in [-0.2, -0.15) is 0 Å². The van der Waals surface area contributed by atoms with Crippen molar-refractivity contribution in [2.75, 3.05) is 13.2 Å². The van der Waals surface area contributed by atoms with Crippen molar-refractivity contribution in [1.29, 1.82) is 0 Å². The zero-order valence-corrected chi connectivity index (χ0v) is 22.4. The lowest BCUT2D eigenvalue weighted by atomic mass is 9.82. The van der Waals surface area contributed by atoms with Crippen molar-refractivity contribution in [1.82, 2.24) is 0 Å². The second-order valence-electron chi connectivity index (χ2n) is 9.99. The van der Waals surface area contributed by atoms with Gasteiger partial charge in [0.2, 0.25) is 0 Å². The lowest BCUT2D eigenvalue weighted by Crippen LogP contribution is -2.59. The van der Waals surface area contributed by atoms with Crippen LogP contribution in [-0.4, -0.2) is 69.9 Å². The highest BCUT2D eigenvalue weighted by Gasteiger charge is 2.43. The van der Waals surface area contributed by atoms with Crippen molar-refractivity contribution >= 4 is 27.7 Å². The van der Waals surface area contributed by atoms with Gasteiger partial charge in [-0.15, -0.1) is 0 Å². The number of benzene rings is 3. The smallest absolute Gasteiger partial charge is 0.186 e. The van der Waals surface area contributed by atoms with Crippen LogP contribution in [0.4, 0.5) is 0 Å². The predicted molar refractivity (Wildman–Crippen MR) is 158 cm³/mol. The molecule has 5 unspecified atom stereocenters. The van der Waals surface area contributed by atoms with Crippen LogP contribution in [0.15, 0.2) is 110 Å². The third-order valence-corrected chi connectivity index (χ3v) is 7.46. The number of rotatable bonds is 8. The summed E-state index contributed by atoms with van der Waals surface area (Å²) in [5.74, 6) is 0.463. The van der Waals surface area contributed by atoms with Gasteiger partial charge in [-0.1, -0.05) is 86.0 Å². The van der Waals surface area contributed by atoms with Gasteiger partial charge in [0.05, 0.1) is 6.61 Å². The summed E-state index contributed by atoms with van der Waals surface area (Å²) in [6.45, 7) is 7.50. The average molecular weight is 553 g/mol. The fraction of sp³-hybridized carbons (Fsp3) is 0.206. The summed E-state index contributed by atoms with van der Waals surface area (Å²) in [5, 5.41) is 41.9. The maximum Gasteiger partial charge on any atom is 0.186 e. The molecule has 3 aromatic carbocycles. The van der Waals surface area contributed by atoms with E-state index in [0.717, 1.165) is 38.6 Å². The van der Waals surface area contributed by atoms with Crippen molar-refractivity contribution in [2.24, 2.45) is 0 Å². The van der Waals surface area contributed by atoms with Crippen LogP contribution in [0.25, 0.3) is 21.9 Å². The van der Waals surface area contributed by atoms with Crippen molar-refractivity contribution in [2.45, 2.75) is 30.5 Å². The number of fused-ring (bicyclic) bond motifs is 2. The quantitative estimate of drug-likeness (QED) is 0.312. The largest absolute Gasteiger partial charge is 0.490 e. The molecule has 7 nitrogen and oxygen atoms in total. The highest BCUT2D eigenvalue weighted by Crippen LogP contribution is 2.41. The SMILES string of the molecule is C=C/C=C\C(=C)/C(=C1/C=CC(=O)c2ccccc21)c1ccc(OCC2OC(CO)C(O)C(O)C2O)c2ccccc12. The number of hydrogen-bond donors (Lipinski definition) is 4. The molecule has 0 amide bonds. The summed E-state index contributed by atoms with van der Waals surface area (Å²) >= 11 is 0. The molecule has 41 heavy (non-hydrogen) atoms. The highest BCUT2D eigenvalue weighted by molar-refractivity contribution is 6.18. The van der Waals surface area contributed by atoms with E-state index in [9.17, 15) is 25.2 Å². The average Bonchev–Trinajstić information content (AvgIpc) is 3.00. The molecule has 1 aliphatic carbocycles. The minimum atomic E-state index is -1.48. The van der Waals surface area contributed by atoms with E-state index >= 15 is 0 Å². The normalized spacial score (nSPS) is 25.3. The molecule has 5 atom stereocenters. The number of ketones is 1. The monoisotopic (exact) mass is 552 g/mol. The van der Waals surface area contributed by atoms with E-state index in [1.54, 1.807) is 12.2 Å². The third-order valence-electron chi connectivity index (χ3n) is 7.46. The van der Waals surface area contributed by atoms with Crippen molar-refractivity contribution in [3.05, 3.63) is 126 Å². The van der Waals surface area contributed by atoms with Crippen molar-refractivity contribution < 1.29 is 34.7 Å². The Morgan fingerprint density at radius 1 is 0.878 bits per heavy atom. The Kier molecular flexibility index (Phi) is 8.44. The van der Waals surface area contributed by atoms with Crippen molar-refractivity contribution in [3.8, 4) is 5.75 Å². The molecule has 1 saturated heterocycles. The van der Waals surface area contributed by atoms with Crippen LogP contribution in [0.3, 0.4) is 0 Å². The Hall–Kier alpha value is -4.11. The Morgan fingerprint density at radius 2 is 1.56 bits per heavy atom. The Labute approximate surface area is 238 Å². The van der Waals surface area contributed by atoms with Gasteiger partial charge in [0.1, 0.15) is 42.9 Å². The molecule has 0 spiro atoms. The first kappa shape index (κ1) is 28.4. The van der Waals surface area contributed by atoms with E-state index in [4.69, 9.17) is 9.47 Å². The van der Waals surface area contributed by atoms with E-state index in [0.29, 0.717) is 11.3 Å². The molecule has 2 aliphatic rings. The molecule has 1 aliphatic heterocycles. The van der Waals surface area contributed by atoms with Crippen molar-refractivity contribution in [3.63, 3.8) is 0 Å². The van der Waals surface area contributed by atoms with Gasteiger partial charge in [0.15, 0.2) is 5.78 Å². The van der Waals surface area contributed by atoms with E-state index in [1.807, 2.05) is 78.9 Å². The Bertz CT molecular complexity index is 1580. The summed E-state index contributed by atoms with van der Waals surface area (Å²) in [6.07, 6.45) is 2.48. The number of carbonyl (C=O) groups is 1. The second kappa shape index (κ2) is 12.2. The van der Waals surface area contributed by atoms with Crippen LogP contribution < -0.4 is 4.74 Å². The van der Waals surface area contributed by atoms with Crippen LogP contribution in [0.1, 0.15) is 21.5 Å². The van der Waals surface area contributed by atoms with Crippen LogP contribution in [0.2, 0.25) is 0 Å². The lowest BCUT2D eigenvalue weighted by molar-refractivity contribution is -0.234. The van der Waals surface area contributed by atoms with Gasteiger partial charge >= 0.3 is 0 Å². The molecule has 0 aromatic heterocycles. The molecular formula is C34H32O7. The predicted octanol–water partition coefficient (Wildman–Crippen LogP) is 4.02. The van der Waals surface area contributed by atoms with Gasteiger partial charge in [0.25, 0.3) is 0 Å². The molecule has 7 heteroatoms. The van der Waals surface area contributed by atoms with Crippen LogP contribution >= 0.6 is 0 Å². The number of aliphatic hydroxyl groups is 4. The highest BCUT2D eigenvalue weighted by atomic mass is 16.6. The molecule has 3 aromatic rings. The Balaban J connectivity index is 1.59. The van der Waals surface area contributed by atoms with Crippen LogP contribution in [-0.2, 0) is 4.74 Å². The minimum absolute atomic E-state index is 0.0576. The first-order valence-electron chi connectivity index (χ1n) is 13.4. The molecule has 0 radical (unpaired) electrons. The molecule has 4 N–H and O–H groups in total. The molecule has 1 fully saturated rings. The Morgan fingerprint density at radius 3 is 2.29 bits per heavy atom. The number of hydrogen-bond acceptors (Lipinski definition) is 7. The number of aliphatic hydroxyl groups excluding tert-OH is 4. The maximum absolute atomic E-state index is 12.6. The summed E-state index contributed by atoms with van der Waals surface area (Å²) < 4.78 is 11.7. The van der Waals surface area contributed by atoms with E-state index in [2.05, 4.69) is 13.2 Å². The summed E-state index contributed by atoms with van der Waals surface area (Å²) in [7, 11) is 0. The minimum Gasteiger partial charge on any atom is -0.490 e. The molecule has 1 heterocycles. The second-order valence-corrected chi connectivity index (χ2v) is 9.99. The van der Waals surface area contributed by atoms with E-state index in [-0.39, 0.29) is 12.4 Å². The molecule has 0 saturated carbocycles. The fourth-order valence-corrected chi connectivity index (χ4v) is 5.35. The van der Waals surface area contributed by atoms with Crippen LogP contribution in [0, 0.1) is 0 Å². The standard InChI is InChI=1S/C34H32O7/c1-3-4-9-20(2)31(25-14-16-27(36)23-12-7-5-10-21(23)25)26-15-17-28(24-13-8-6-11-22(24)26)40-19-30-33(38)34(39)32(37)29(18-35)41-30/h3-17,29-30,32-35,37-39H,1-2,18-19H2/b9-4-,31-25+. The molecular weight excluding hydrogens is 520 g/mol. The third kappa shape index (κ3) is 5.46. The number of allylic oxidation sites excluding steroid dienone is 8. The maximum atomic E-state index is 12.6. The fourth-order valence-electron chi connectivity index (χ4n) is 5.35. The molecule has 210 valence electrons. The van der Waals surface area contributed by atoms with Gasteiger partial charge in [-0.05, 0) is 51.5 Å².